The first-order valence-corrected chi connectivity index (χ1v) is 10.3. The first-order valence-electron chi connectivity index (χ1n) is 9.31. The van der Waals surface area contributed by atoms with E-state index in [2.05, 4.69) is 0 Å². The first kappa shape index (κ1) is 20.5. The number of benzene rings is 2. The zero-order valence-electron chi connectivity index (χ0n) is 15.8. The van der Waals surface area contributed by atoms with Crippen LogP contribution in [0.1, 0.15) is 35.6 Å². The maximum absolute atomic E-state index is 12.3. The number of nitrogens with zero attached hydrogens (tertiary/aromatic N) is 1. The predicted molar refractivity (Wildman–Crippen MR) is 105 cm³/mol. The molecule has 28 heavy (non-hydrogen) atoms. The molecule has 0 spiro atoms. The Kier molecular flexibility index (Phi) is 7.19. The third kappa shape index (κ3) is 5.64. The second-order valence-electron chi connectivity index (χ2n) is 7.00. The number of ether oxygens (including phenoxy) is 1. The summed E-state index contributed by atoms with van der Waals surface area (Å²) < 4.78 is 32.9. The molecule has 150 valence electrons. The normalized spacial score (nSPS) is 17.1. The summed E-state index contributed by atoms with van der Waals surface area (Å²) in [5.41, 5.74) is 2.87. The molecule has 0 N–H and O–H groups in total. The van der Waals surface area contributed by atoms with Crippen molar-refractivity contribution in [2.75, 3.05) is 13.1 Å². The van der Waals surface area contributed by atoms with Crippen molar-refractivity contribution >= 4 is 17.5 Å². The maximum Gasteiger partial charge on any atom is 0.410 e. The fraction of sp³-hybridized carbons (Fsp3) is 0.381. The summed E-state index contributed by atoms with van der Waals surface area (Å²) in [6.07, 6.45) is 0.413. The van der Waals surface area contributed by atoms with Crippen LogP contribution in [0.2, 0.25) is 0 Å². The van der Waals surface area contributed by atoms with Gasteiger partial charge in [0.05, 0.1) is 11.4 Å². The molecule has 1 aliphatic heterocycles. The van der Waals surface area contributed by atoms with Crippen molar-refractivity contribution in [3.63, 3.8) is 0 Å². The van der Waals surface area contributed by atoms with Crippen LogP contribution in [0.4, 0.5) is 4.79 Å². The molecule has 6 nitrogen and oxygen atoms in total. The van der Waals surface area contributed by atoms with E-state index in [1.807, 2.05) is 61.5 Å². The molecule has 2 aromatic carbocycles. The third-order valence-corrected chi connectivity index (χ3v) is 5.38. The number of carbonyl (C=O) groups excluding carboxylic acids is 1. The molecule has 0 aliphatic carbocycles. The summed E-state index contributed by atoms with van der Waals surface area (Å²) in [6.45, 7) is 3.24. The molecule has 2 atom stereocenters. The van der Waals surface area contributed by atoms with Gasteiger partial charge in [0.2, 0.25) is 0 Å². The minimum atomic E-state index is -2.60. The lowest BCUT2D eigenvalue weighted by atomic mass is 9.87. The van der Waals surface area contributed by atoms with Crippen LogP contribution in [0.3, 0.4) is 0 Å². The lowest BCUT2D eigenvalue weighted by molar-refractivity contribution is 0.0560. The number of hydrogen-bond acceptors (Lipinski definition) is 5. The molecule has 0 bridgehead atoms. The van der Waals surface area contributed by atoms with E-state index >= 15 is 0 Å². The molecule has 1 aliphatic rings. The Balaban J connectivity index is 1.56. The fourth-order valence-corrected chi connectivity index (χ4v) is 3.88. The molecule has 1 heterocycles. The average Bonchev–Trinajstić information content (AvgIpc) is 2.72. The van der Waals surface area contributed by atoms with E-state index < -0.39 is 17.5 Å². The van der Waals surface area contributed by atoms with Crippen molar-refractivity contribution < 1.29 is 22.5 Å². The van der Waals surface area contributed by atoms with Crippen molar-refractivity contribution in [3.05, 3.63) is 71.3 Å². The fourth-order valence-electron chi connectivity index (χ4n) is 3.44. The van der Waals surface area contributed by atoms with Crippen molar-refractivity contribution in [1.29, 1.82) is 0 Å². The van der Waals surface area contributed by atoms with Crippen LogP contribution in [-0.4, -0.2) is 32.8 Å². The van der Waals surface area contributed by atoms with E-state index in [4.69, 9.17) is 8.92 Å². The molecule has 0 saturated carbocycles. The number of rotatable bonds is 6. The second kappa shape index (κ2) is 9.82. The van der Waals surface area contributed by atoms with Crippen LogP contribution < -0.4 is 0 Å². The summed E-state index contributed by atoms with van der Waals surface area (Å²) in [6, 6.07) is 17.2. The number of aryl methyl sites for hydroxylation is 1. The van der Waals surface area contributed by atoms with Crippen molar-refractivity contribution in [1.82, 2.24) is 4.90 Å². The minimum absolute atomic E-state index is 0.0128. The Bertz CT molecular complexity index is 788. The molecule has 3 rings (SSSR count). The van der Waals surface area contributed by atoms with Crippen LogP contribution in [0.5, 0.6) is 0 Å². The van der Waals surface area contributed by atoms with E-state index in [9.17, 15) is 13.6 Å². The molecular formula is C21H24NO5S-. The molecule has 0 aromatic heterocycles. The van der Waals surface area contributed by atoms with Gasteiger partial charge in [-0.05, 0) is 36.8 Å². The largest absolute Gasteiger partial charge is 0.750 e. The highest BCUT2D eigenvalue weighted by Crippen LogP contribution is 2.34. The van der Waals surface area contributed by atoms with Gasteiger partial charge in [0.1, 0.15) is 12.7 Å². The van der Waals surface area contributed by atoms with E-state index in [1.54, 1.807) is 4.90 Å². The van der Waals surface area contributed by atoms with E-state index in [0.717, 1.165) is 16.7 Å². The van der Waals surface area contributed by atoms with E-state index in [0.29, 0.717) is 25.9 Å². The van der Waals surface area contributed by atoms with Crippen LogP contribution >= 0.6 is 0 Å². The van der Waals surface area contributed by atoms with Gasteiger partial charge >= 0.3 is 6.09 Å². The molecule has 1 saturated heterocycles. The Morgan fingerprint density at radius 1 is 1.14 bits per heavy atom. The van der Waals surface area contributed by atoms with E-state index in [1.165, 1.54) is 0 Å². The quantitative estimate of drug-likeness (QED) is 0.685. The Hall–Kier alpha value is -2.22. The highest BCUT2D eigenvalue weighted by atomic mass is 32.2. The number of hydrogen-bond donors (Lipinski definition) is 0. The molecule has 7 heteroatoms. The molecule has 0 radical (unpaired) electrons. The van der Waals surface area contributed by atoms with Gasteiger partial charge in [-0.15, -0.1) is 0 Å². The molecular weight excluding hydrogens is 378 g/mol. The predicted octanol–water partition coefficient (Wildman–Crippen LogP) is 3.90. The monoisotopic (exact) mass is 402 g/mol. The Labute approximate surface area is 168 Å². The van der Waals surface area contributed by atoms with Crippen molar-refractivity contribution in [3.8, 4) is 0 Å². The Morgan fingerprint density at radius 2 is 1.79 bits per heavy atom. The zero-order chi connectivity index (χ0) is 19.9. The maximum atomic E-state index is 12.3. The highest BCUT2D eigenvalue weighted by Gasteiger charge is 2.31. The van der Waals surface area contributed by atoms with Crippen LogP contribution in [-0.2, 0) is 26.9 Å². The van der Waals surface area contributed by atoms with Gasteiger partial charge < -0.3 is 14.2 Å². The lowest BCUT2D eigenvalue weighted by Crippen LogP contribution is -2.40. The summed E-state index contributed by atoms with van der Waals surface area (Å²) in [5.74, 6) is 0.0128. The standard InChI is InChI=1S/C21H25NO5S/c1-16-7-9-18(10-8-16)20(27-28(24)25)19-11-13-22(14-12-19)21(23)26-15-17-5-3-2-4-6-17/h2-10,19-20H,11-15H2,1H3,(H,24,25)/p-1. The summed E-state index contributed by atoms with van der Waals surface area (Å²) in [5, 5.41) is 0. The van der Waals surface area contributed by atoms with E-state index in [-0.39, 0.29) is 18.6 Å². The van der Waals surface area contributed by atoms with Gasteiger partial charge in [-0.2, -0.15) is 0 Å². The molecule has 1 fully saturated rings. The minimum Gasteiger partial charge on any atom is -0.750 e. The second-order valence-corrected chi connectivity index (χ2v) is 7.60. The smallest absolute Gasteiger partial charge is 0.410 e. The topological polar surface area (TPSA) is 78.9 Å². The van der Waals surface area contributed by atoms with Crippen LogP contribution in [0.15, 0.2) is 54.6 Å². The number of carbonyl (C=O) groups is 1. The molecule has 2 unspecified atom stereocenters. The van der Waals surface area contributed by atoms with Gasteiger partial charge in [0, 0.05) is 13.1 Å². The van der Waals surface area contributed by atoms with Gasteiger partial charge in [0.25, 0.3) is 0 Å². The summed E-state index contributed by atoms with van der Waals surface area (Å²) in [4.78, 5) is 14.0. The SMILES string of the molecule is Cc1ccc(C(OS(=O)[O-])C2CCN(C(=O)OCc3ccccc3)CC2)cc1. The molecule has 1 amide bonds. The average molecular weight is 402 g/mol. The Morgan fingerprint density at radius 3 is 2.39 bits per heavy atom. The zero-order valence-corrected chi connectivity index (χ0v) is 16.6. The molecule has 2 aromatic rings. The third-order valence-electron chi connectivity index (χ3n) is 5.02. The van der Waals surface area contributed by atoms with Gasteiger partial charge in [0.15, 0.2) is 0 Å². The van der Waals surface area contributed by atoms with Crippen molar-refractivity contribution in [2.45, 2.75) is 32.5 Å². The van der Waals surface area contributed by atoms with Crippen molar-refractivity contribution in [2.24, 2.45) is 5.92 Å². The summed E-state index contributed by atoms with van der Waals surface area (Å²) >= 11 is -2.60. The van der Waals surface area contributed by atoms with Crippen LogP contribution in [0, 0.1) is 12.8 Å². The van der Waals surface area contributed by atoms with Gasteiger partial charge in [-0.25, -0.2) is 9.00 Å². The van der Waals surface area contributed by atoms with Gasteiger partial charge in [-0.1, -0.05) is 60.2 Å². The first-order chi connectivity index (χ1) is 13.5. The van der Waals surface area contributed by atoms with Crippen LogP contribution in [0.25, 0.3) is 0 Å². The highest BCUT2D eigenvalue weighted by molar-refractivity contribution is 7.74. The number of amides is 1. The number of piperidine rings is 1. The number of likely N-dealkylation sites (tertiary alicyclic amines) is 1. The lowest BCUT2D eigenvalue weighted by Gasteiger charge is -2.35. The summed E-state index contributed by atoms with van der Waals surface area (Å²) in [7, 11) is 0. The van der Waals surface area contributed by atoms with Gasteiger partial charge in [-0.3, -0.25) is 4.18 Å².